The van der Waals surface area contributed by atoms with Gasteiger partial charge in [-0.25, -0.2) is 8.42 Å². The van der Waals surface area contributed by atoms with Crippen LogP contribution in [0.5, 0.6) is 11.5 Å². The summed E-state index contributed by atoms with van der Waals surface area (Å²) in [7, 11) is -0.788. The Labute approximate surface area is 186 Å². The van der Waals surface area contributed by atoms with Crippen LogP contribution >= 0.6 is 0 Å². The molecule has 1 N–H and O–H groups in total. The molecule has 0 atom stereocenters. The first-order valence-electron chi connectivity index (χ1n) is 9.79. The van der Waals surface area contributed by atoms with Crippen LogP contribution in [-0.4, -0.2) is 27.6 Å². The summed E-state index contributed by atoms with van der Waals surface area (Å²) < 4.78 is 43.1. The van der Waals surface area contributed by atoms with Crippen LogP contribution in [-0.2, 0) is 9.84 Å². The van der Waals surface area contributed by atoms with Crippen LogP contribution < -0.4 is 14.8 Å². The Morgan fingerprint density at radius 3 is 1.94 bits per heavy atom. The zero-order valence-electron chi connectivity index (χ0n) is 17.8. The van der Waals surface area contributed by atoms with Crippen LogP contribution in [0, 0.1) is 6.92 Å². The minimum absolute atomic E-state index is 0.0292. The van der Waals surface area contributed by atoms with E-state index in [1.807, 2.05) is 6.92 Å². The summed E-state index contributed by atoms with van der Waals surface area (Å²) in [6.45, 7) is 1.89. The summed E-state index contributed by atoms with van der Waals surface area (Å²) in [6, 6.07) is 20.7. The van der Waals surface area contributed by atoms with Crippen molar-refractivity contribution in [3.05, 3.63) is 78.4 Å². The number of oxazole rings is 1. The smallest absolute Gasteiger partial charge is 0.238 e. The molecule has 0 aliphatic carbocycles. The monoisotopic (exact) mass is 450 g/mol. The molecule has 0 bridgehead atoms. The second-order valence-corrected chi connectivity index (χ2v) is 8.92. The standard InChI is InChI=1S/C24H22N2O5S/c1-16-4-14-21(15-5-16)32(27,28)24-23(25-18-8-12-20(30-3)13-9-18)31-22(26-24)17-6-10-19(29-2)11-7-17/h4-15,25H,1-3H3. The van der Waals surface area contributed by atoms with Crippen LogP contribution in [0.3, 0.4) is 0 Å². The molecule has 164 valence electrons. The van der Waals surface area contributed by atoms with E-state index in [0.717, 1.165) is 5.56 Å². The van der Waals surface area contributed by atoms with Crippen molar-refractivity contribution in [2.75, 3.05) is 19.5 Å². The fourth-order valence-corrected chi connectivity index (χ4v) is 4.32. The number of aromatic nitrogens is 1. The quantitative estimate of drug-likeness (QED) is 0.411. The minimum Gasteiger partial charge on any atom is -0.497 e. The molecule has 0 saturated heterocycles. The Morgan fingerprint density at radius 2 is 1.38 bits per heavy atom. The largest absolute Gasteiger partial charge is 0.497 e. The SMILES string of the molecule is COc1ccc(Nc2oc(-c3ccc(OC)cc3)nc2S(=O)(=O)c2ccc(C)cc2)cc1. The highest BCUT2D eigenvalue weighted by Crippen LogP contribution is 2.35. The number of aryl methyl sites for hydroxylation is 1. The number of nitrogens with zero attached hydrogens (tertiary/aromatic N) is 1. The zero-order valence-corrected chi connectivity index (χ0v) is 18.6. The molecular weight excluding hydrogens is 428 g/mol. The molecule has 3 aromatic carbocycles. The number of anilines is 2. The Bertz CT molecular complexity index is 1310. The molecule has 0 fully saturated rings. The van der Waals surface area contributed by atoms with E-state index in [0.29, 0.717) is 22.7 Å². The molecule has 1 aromatic heterocycles. The second-order valence-electron chi connectivity index (χ2n) is 7.05. The van der Waals surface area contributed by atoms with Gasteiger partial charge in [-0.15, -0.1) is 0 Å². The fourth-order valence-electron chi connectivity index (χ4n) is 3.06. The lowest BCUT2D eigenvalue weighted by Crippen LogP contribution is -2.05. The number of ether oxygens (including phenoxy) is 2. The maximum atomic E-state index is 13.4. The van der Waals surface area contributed by atoms with Gasteiger partial charge >= 0.3 is 0 Å². The summed E-state index contributed by atoms with van der Waals surface area (Å²) in [5, 5.41) is 2.84. The van der Waals surface area contributed by atoms with E-state index in [9.17, 15) is 8.42 Å². The third kappa shape index (κ3) is 4.31. The Kier molecular flexibility index (Phi) is 5.87. The van der Waals surface area contributed by atoms with E-state index in [2.05, 4.69) is 10.3 Å². The maximum absolute atomic E-state index is 13.4. The first-order valence-corrected chi connectivity index (χ1v) is 11.3. The highest BCUT2D eigenvalue weighted by Gasteiger charge is 2.28. The molecule has 4 rings (SSSR count). The Hall–Kier alpha value is -3.78. The van der Waals surface area contributed by atoms with Crippen LogP contribution in [0.25, 0.3) is 11.5 Å². The van der Waals surface area contributed by atoms with Gasteiger partial charge in [0.15, 0.2) is 0 Å². The highest BCUT2D eigenvalue weighted by atomic mass is 32.2. The average Bonchev–Trinajstić information content (AvgIpc) is 3.24. The van der Waals surface area contributed by atoms with Gasteiger partial charge in [-0.05, 0) is 67.6 Å². The van der Waals surface area contributed by atoms with Crippen LogP contribution in [0.1, 0.15) is 5.56 Å². The Morgan fingerprint density at radius 1 is 0.812 bits per heavy atom. The van der Waals surface area contributed by atoms with Crippen molar-refractivity contribution in [3.8, 4) is 23.0 Å². The van der Waals surface area contributed by atoms with E-state index in [1.54, 1.807) is 87.0 Å². The second kappa shape index (κ2) is 8.76. The van der Waals surface area contributed by atoms with Crippen molar-refractivity contribution in [2.24, 2.45) is 0 Å². The number of rotatable bonds is 7. The van der Waals surface area contributed by atoms with Gasteiger partial charge in [-0.2, -0.15) is 4.98 Å². The summed E-state index contributed by atoms with van der Waals surface area (Å²) >= 11 is 0. The van der Waals surface area contributed by atoms with Crippen molar-refractivity contribution in [1.29, 1.82) is 0 Å². The summed E-state index contributed by atoms with van der Waals surface area (Å²) in [4.78, 5) is 4.49. The van der Waals surface area contributed by atoms with Crippen molar-refractivity contribution in [3.63, 3.8) is 0 Å². The number of benzene rings is 3. The molecule has 0 saturated carbocycles. The Balaban J connectivity index is 1.79. The molecular formula is C24H22N2O5S. The molecule has 0 spiro atoms. The topological polar surface area (TPSA) is 90.7 Å². The van der Waals surface area contributed by atoms with Gasteiger partial charge in [0, 0.05) is 11.3 Å². The molecule has 0 unspecified atom stereocenters. The lowest BCUT2D eigenvalue weighted by molar-refractivity contribution is 0.414. The number of hydrogen-bond donors (Lipinski definition) is 1. The van der Waals surface area contributed by atoms with Crippen molar-refractivity contribution in [2.45, 2.75) is 16.8 Å². The maximum Gasteiger partial charge on any atom is 0.238 e. The van der Waals surface area contributed by atoms with Gasteiger partial charge in [-0.1, -0.05) is 17.7 Å². The van der Waals surface area contributed by atoms with Crippen molar-refractivity contribution >= 4 is 21.4 Å². The number of nitrogens with one attached hydrogen (secondary N) is 1. The van der Waals surface area contributed by atoms with Gasteiger partial charge in [0.05, 0.1) is 19.1 Å². The molecule has 0 aliphatic heterocycles. The van der Waals surface area contributed by atoms with Crippen LogP contribution in [0.2, 0.25) is 0 Å². The molecule has 0 amide bonds. The minimum atomic E-state index is -3.94. The van der Waals surface area contributed by atoms with Crippen molar-refractivity contribution < 1.29 is 22.3 Å². The lowest BCUT2D eigenvalue weighted by atomic mass is 10.2. The van der Waals surface area contributed by atoms with E-state index in [4.69, 9.17) is 13.9 Å². The van der Waals surface area contributed by atoms with Crippen LogP contribution in [0.15, 0.2) is 87.1 Å². The lowest BCUT2D eigenvalue weighted by Gasteiger charge is -2.07. The molecule has 7 nitrogen and oxygen atoms in total. The summed E-state index contributed by atoms with van der Waals surface area (Å²) in [6.07, 6.45) is 0. The van der Waals surface area contributed by atoms with E-state index in [-0.39, 0.29) is 21.7 Å². The normalized spacial score (nSPS) is 11.2. The summed E-state index contributed by atoms with van der Waals surface area (Å²) in [5.41, 5.74) is 2.21. The molecule has 32 heavy (non-hydrogen) atoms. The van der Waals surface area contributed by atoms with Gasteiger partial charge < -0.3 is 19.2 Å². The van der Waals surface area contributed by atoms with Crippen molar-refractivity contribution in [1.82, 2.24) is 4.98 Å². The third-order valence-electron chi connectivity index (χ3n) is 4.87. The molecule has 0 aliphatic rings. The molecule has 1 heterocycles. The molecule has 8 heteroatoms. The first-order chi connectivity index (χ1) is 15.4. The van der Waals surface area contributed by atoms with E-state index >= 15 is 0 Å². The predicted molar refractivity (Wildman–Crippen MR) is 121 cm³/mol. The number of methoxy groups -OCH3 is 2. The van der Waals surface area contributed by atoms with Gasteiger partial charge in [0.2, 0.25) is 26.6 Å². The number of sulfone groups is 1. The first kappa shape index (κ1) is 21.5. The van der Waals surface area contributed by atoms with E-state index < -0.39 is 9.84 Å². The highest BCUT2D eigenvalue weighted by molar-refractivity contribution is 7.91. The van der Waals surface area contributed by atoms with E-state index in [1.165, 1.54) is 0 Å². The van der Waals surface area contributed by atoms with Crippen LogP contribution in [0.4, 0.5) is 11.6 Å². The predicted octanol–water partition coefficient (Wildman–Crippen LogP) is 5.24. The van der Waals surface area contributed by atoms with Gasteiger partial charge in [-0.3, -0.25) is 0 Å². The molecule has 0 radical (unpaired) electrons. The third-order valence-corrected chi connectivity index (χ3v) is 6.55. The average molecular weight is 451 g/mol. The zero-order chi connectivity index (χ0) is 22.7. The summed E-state index contributed by atoms with van der Waals surface area (Å²) in [5.74, 6) is 1.56. The van der Waals surface area contributed by atoms with Gasteiger partial charge in [0.25, 0.3) is 0 Å². The van der Waals surface area contributed by atoms with Gasteiger partial charge in [0.1, 0.15) is 11.5 Å². The molecule has 4 aromatic rings. The fraction of sp³-hybridized carbons (Fsp3) is 0.125. The number of hydrogen-bond acceptors (Lipinski definition) is 7.